The molecule has 0 N–H and O–H groups in total. The maximum absolute atomic E-state index is 12.0. The number of hydrogen-bond acceptors (Lipinski definition) is 4. The Bertz CT molecular complexity index is 690. The van der Waals surface area contributed by atoms with Gasteiger partial charge in [0, 0.05) is 7.05 Å². The Balaban J connectivity index is 2.02. The molecule has 3 rings (SSSR count). The first-order valence-corrected chi connectivity index (χ1v) is 5.87. The summed E-state index contributed by atoms with van der Waals surface area (Å²) in [5, 5.41) is 3.96. The van der Waals surface area contributed by atoms with E-state index >= 15 is 0 Å². The van der Waals surface area contributed by atoms with Gasteiger partial charge >= 0.3 is 0 Å². The van der Waals surface area contributed by atoms with Gasteiger partial charge in [-0.3, -0.25) is 19.2 Å². The minimum absolute atomic E-state index is 0.247. The molecule has 0 spiro atoms. The van der Waals surface area contributed by atoms with E-state index in [4.69, 9.17) is 0 Å². The van der Waals surface area contributed by atoms with Crippen molar-refractivity contribution >= 4 is 17.4 Å². The van der Waals surface area contributed by atoms with Crippen LogP contribution in [0, 0.1) is 6.92 Å². The fourth-order valence-electron chi connectivity index (χ4n) is 2.18. The highest BCUT2D eigenvalue weighted by molar-refractivity contribution is 6.52. The molecule has 1 aromatic heterocycles. The third-order valence-electron chi connectivity index (χ3n) is 3.23. The number of carbonyl (C=O) groups excluding carboxylic acids is 2. The van der Waals surface area contributed by atoms with E-state index in [2.05, 4.69) is 10.1 Å². The smallest absolute Gasteiger partial charge is 0.297 e. The first-order valence-electron chi connectivity index (χ1n) is 5.87. The van der Waals surface area contributed by atoms with E-state index in [9.17, 15) is 9.59 Å². The fourth-order valence-corrected chi connectivity index (χ4v) is 2.18. The van der Waals surface area contributed by atoms with Crippen molar-refractivity contribution < 1.29 is 9.59 Å². The standard InChI is InChI=1S/C13H12N4O2/c1-8-3-4-10-9(5-8)12(18)13(19)17(10)6-11-14-7-15-16(11)2/h3-5,7H,6H2,1-2H3. The minimum atomic E-state index is -0.511. The number of aryl methyl sites for hydroxylation is 2. The van der Waals surface area contributed by atoms with Crippen molar-refractivity contribution in [1.82, 2.24) is 14.8 Å². The molecule has 1 aliphatic heterocycles. The molecule has 6 nitrogen and oxygen atoms in total. The van der Waals surface area contributed by atoms with E-state index in [0.717, 1.165) is 5.56 Å². The Morgan fingerprint density at radius 3 is 2.74 bits per heavy atom. The average molecular weight is 256 g/mol. The number of amides is 1. The van der Waals surface area contributed by atoms with Gasteiger partial charge in [-0.25, -0.2) is 4.98 Å². The summed E-state index contributed by atoms with van der Waals surface area (Å²) in [5.41, 5.74) is 2.07. The molecule has 0 atom stereocenters. The molecule has 0 fully saturated rings. The number of ketones is 1. The van der Waals surface area contributed by atoms with Crippen LogP contribution in [0.3, 0.4) is 0 Å². The van der Waals surface area contributed by atoms with Crippen molar-refractivity contribution in [2.45, 2.75) is 13.5 Å². The van der Waals surface area contributed by atoms with Crippen molar-refractivity contribution in [3.05, 3.63) is 41.5 Å². The topological polar surface area (TPSA) is 68.1 Å². The van der Waals surface area contributed by atoms with E-state index < -0.39 is 11.7 Å². The van der Waals surface area contributed by atoms with Crippen LogP contribution in [0.15, 0.2) is 24.5 Å². The zero-order valence-corrected chi connectivity index (χ0v) is 10.6. The molecule has 0 aliphatic carbocycles. The summed E-state index contributed by atoms with van der Waals surface area (Å²) >= 11 is 0. The van der Waals surface area contributed by atoms with Crippen LogP contribution in [-0.4, -0.2) is 26.5 Å². The SMILES string of the molecule is Cc1ccc2c(c1)C(=O)C(=O)N2Cc1ncnn1C. The van der Waals surface area contributed by atoms with Crippen LogP contribution >= 0.6 is 0 Å². The molecule has 19 heavy (non-hydrogen) atoms. The number of rotatable bonds is 2. The Labute approximate surface area is 109 Å². The van der Waals surface area contributed by atoms with Crippen LogP contribution in [0.25, 0.3) is 0 Å². The zero-order chi connectivity index (χ0) is 13.6. The number of hydrogen-bond donors (Lipinski definition) is 0. The maximum Gasteiger partial charge on any atom is 0.299 e. The van der Waals surface area contributed by atoms with Gasteiger partial charge in [-0.15, -0.1) is 0 Å². The molecule has 0 unspecified atom stereocenters. The van der Waals surface area contributed by atoms with Crippen LogP contribution in [0.2, 0.25) is 0 Å². The highest BCUT2D eigenvalue weighted by atomic mass is 16.2. The van der Waals surface area contributed by atoms with Gasteiger partial charge in [-0.1, -0.05) is 11.6 Å². The minimum Gasteiger partial charge on any atom is -0.297 e. The number of anilines is 1. The molecule has 2 heterocycles. The summed E-state index contributed by atoms with van der Waals surface area (Å²) in [6.45, 7) is 2.14. The van der Waals surface area contributed by atoms with Gasteiger partial charge < -0.3 is 0 Å². The van der Waals surface area contributed by atoms with Crippen molar-refractivity contribution in [1.29, 1.82) is 0 Å². The van der Waals surface area contributed by atoms with Gasteiger partial charge in [0.2, 0.25) is 0 Å². The molecule has 2 aromatic rings. The van der Waals surface area contributed by atoms with E-state index in [-0.39, 0.29) is 6.54 Å². The molecule has 1 aromatic carbocycles. The normalized spacial score (nSPS) is 14.1. The van der Waals surface area contributed by atoms with E-state index in [1.165, 1.54) is 11.2 Å². The Kier molecular flexibility index (Phi) is 2.45. The van der Waals surface area contributed by atoms with Crippen molar-refractivity contribution in [2.24, 2.45) is 7.05 Å². The fraction of sp³-hybridized carbons (Fsp3) is 0.231. The second kappa shape index (κ2) is 4.01. The van der Waals surface area contributed by atoms with E-state index in [1.54, 1.807) is 23.9 Å². The highest BCUT2D eigenvalue weighted by Gasteiger charge is 2.36. The van der Waals surface area contributed by atoms with Crippen LogP contribution in [0.1, 0.15) is 21.7 Å². The van der Waals surface area contributed by atoms with Gasteiger partial charge in [-0.05, 0) is 19.1 Å². The van der Waals surface area contributed by atoms with Gasteiger partial charge in [0.05, 0.1) is 17.8 Å². The zero-order valence-electron chi connectivity index (χ0n) is 10.6. The molecular formula is C13H12N4O2. The quantitative estimate of drug-likeness (QED) is 0.747. The first-order chi connectivity index (χ1) is 9.08. The summed E-state index contributed by atoms with van der Waals surface area (Å²) in [5.74, 6) is -0.334. The van der Waals surface area contributed by atoms with Crippen LogP contribution in [0.5, 0.6) is 0 Å². The van der Waals surface area contributed by atoms with Gasteiger partial charge in [0.1, 0.15) is 12.2 Å². The van der Waals surface area contributed by atoms with Crippen molar-refractivity contribution in [3.8, 4) is 0 Å². The van der Waals surface area contributed by atoms with E-state index in [1.807, 2.05) is 13.0 Å². The molecule has 96 valence electrons. The predicted octanol–water partition coefficient (Wildman–Crippen LogP) is 0.853. The summed E-state index contributed by atoms with van der Waals surface area (Å²) in [7, 11) is 1.75. The third kappa shape index (κ3) is 1.72. The lowest BCUT2D eigenvalue weighted by atomic mass is 10.1. The second-order valence-corrected chi connectivity index (χ2v) is 4.54. The Hall–Kier alpha value is -2.50. The number of fused-ring (bicyclic) bond motifs is 1. The summed E-state index contributed by atoms with van der Waals surface area (Å²) in [4.78, 5) is 29.5. The lowest BCUT2D eigenvalue weighted by molar-refractivity contribution is -0.114. The van der Waals surface area contributed by atoms with Crippen molar-refractivity contribution in [2.75, 3.05) is 4.90 Å². The number of benzene rings is 1. The Morgan fingerprint density at radius 2 is 2.05 bits per heavy atom. The lowest BCUT2D eigenvalue weighted by Crippen LogP contribution is -2.30. The summed E-state index contributed by atoms with van der Waals surface area (Å²) in [6.07, 6.45) is 1.42. The Morgan fingerprint density at radius 1 is 1.26 bits per heavy atom. The van der Waals surface area contributed by atoms with Crippen LogP contribution in [0.4, 0.5) is 5.69 Å². The predicted molar refractivity (Wildman–Crippen MR) is 67.7 cm³/mol. The largest absolute Gasteiger partial charge is 0.299 e. The number of aromatic nitrogens is 3. The van der Waals surface area contributed by atoms with Crippen molar-refractivity contribution in [3.63, 3.8) is 0 Å². The molecule has 0 saturated carbocycles. The molecule has 0 saturated heterocycles. The summed E-state index contributed by atoms with van der Waals surface area (Å²) in [6, 6.07) is 5.42. The van der Waals surface area contributed by atoms with Gasteiger partial charge in [-0.2, -0.15) is 5.10 Å². The number of nitrogens with zero attached hydrogens (tertiary/aromatic N) is 4. The number of Topliss-reactive ketones (excluding diaryl/α,β-unsaturated/α-hetero) is 1. The monoisotopic (exact) mass is 256 g/mol. The van der Waals surface area contributed by atoms with E-state index in [0.29, 0.717) is 17.1 Å². The summed E-state index contributed by atoms with van der Waals surface area (Å²) < 4.78 is 1.59. The molecule has 1 aliphatic rings. The second-order valence-electron chi connectivity index (χ2n) is 4.54. The third-order valence-corrected chi connectivity index (χ3v) is 3.23. The molecular weight excluding hydrogens is 244 g/mol. The molecule has 0 radical (unpaired) electrons. The highest BCUT2D eigenvalue weighted by Crippen LogP contribution is 2.30. The van der Waals surface area contributed by atoms with Crippen LogP contribution in [-0.2, 0) is 18.4 Å². The number of carbonyl (C=O) groups is 2. The van der Waals surface area contributed by atoms with Gasteiger partial charge in [0.25, 0.3) is 11.7 Å². The average Bonchev–Trinajstić information content (AvgIpc) is 2.88. The molecule has 6 heteroatoms. The first kappa shape index (κ1) is 11.6. The molecule has 1 amide bonds. The lowest BCUT2D eigenvalue weighted by Gasteiger charge is -2.15. The maximum atomic E-state index is 12.0. The van der Waals surface area contributed by atoms with Gasteiger partial charge in [0.15, 0.2) is 0 Å². The van der Waals surface area contributed by atoms with Crippen LogP contribution < -0.4 is 4.90 Å². The molecule has 0 bridgehead atoms.